The van der Waals surface area contributed by atoms with E-state index in [4.69, 9.17) is 0 Å². The van der Waals surface area contributed by atoms with Crippen LogP contribution in [0, 0.1) is 0 Å². The molecule has 3 heterocycles. The van der Waals surface area contributed by atoms with E-state index in [1.54, 1.807) is 24.4 Å². The number of hydrogen-bond donors (Lipinski definition) is 1. The highest BCUT2D eigenvalue weighted by atomic mass is 32.2. The summed E-state index contributed by atoms with van der Waals surface area (Å²) in [4.78, 5) is 16.2. The Labute approximate surface area is 115 Å². The molecule has 0 saturated heterocycles. The molecule has 0 aliphatic carbocycles. The molecule has 7 heteroatoms. The van der Waals surface area contributed by atoms with Crippen molar-refractivity contribution in [1.29, 1.82) is 0 Å². The third-order valence-electron chi connectivity index (χ3n) is 3.10. The minimum atomic E-state index is -3.07. The molecular formula is C13H13N3O3S. The van der Waals surface area contributed by atoms with Gasteiger partial charge in [0.2, 0.25) is 0 Å². The van der Waals surface area contributed by atoms with Gasteiger partial charge in [0.1, 0.15) is 5.65 Å². The summed E-state index contributed by atoms with van der Waals surface area (Å²) in [5, 5.41) is 4.28. The predicted molar refractivity (Wildman–Crippen MR) is 75.0 cm³/mol. The quantitative estimate of drug-likeness (QED) is 0.867. The topological polar surface area (TPSA) is 80.5 Å². The average molecular weight is 291 g/mol. The molecule has 0 fully saturated rings. The number of aromatic nitrogens is 2. The molecule has 1 N–H and O–H groups in total. The lowest BCUT2D eigenvalue weighted by molar-refractivity contribution is 0.588. The minimum Gasteiger partial charge on any atom is -0.304 e. The zero-order chi connectivity index (χ0) is 14.2. The van der Waals surface area contributed by atoms with Crippen LogP contribution in [0.3, 0.4) is 0 Å². The third kappa shape index (κ3) is 2.63. The van der Waals surface area contributed by atoms with Crippen molar-refractivity contribution >= 4 is 15.5 Å². The van der Waals surface area contributed by atoms with Crippen LogP contribution < -0.4 is 10.9 Å². The molecule has 0 amide bonds. The van der Waals surface area contributed by atoms with Crippen molar-refractivity contribution in [2.45, 2.75) is 12.6 Å². The van der Waals surface area contributed by atoms with Gasteiger partial charge in [0, 0.05) is 30.3 Å². The van der Waals surface area contributed by atoms with E-state index in [9.17, 15) is 13.2 Å². The van der Waals surface area contributed by atoms with Crippen LogP contribution in [0.25, 0.3) is 5.65 Å². The van der Waals surface area contributed by atoms with Gasteiger partial charge in [-0.2, -0.15) is 0 Å². The van der Waals surface area contributed by atoms with E-state index >= 15 is 0 Å². The van der Waals surface area contributed by atoms with Gasteiger partial charge in [-0.1, -0.05) is 12.1 Å². The first-order chi connectivity index (χ1) is 9.53. The maximum atomic E-state index is 11.9. The second-order valence-electron chi connectivity index (χ2n) is 4.66. The van der Waals surface area contributed by atoms with E-state index in [1.807, 2.05) is 6.07 Å². The van der Waals surface area contributed by atoms with E-state index in [0.29, 0.717) is 17.9 Å². The average Bonchev–Trinajstić information content (AvgIpc) is 2.76. The number of nitrogens with one attached hydrogen (secondary N) is 1. The number of rotatable bonds is 3. The summed E-state index contributed by atoms with van der Waals surface area (Å²) >= 11 is 0. The first-order valence-corrected chi connectivity index (χ1v) is 7.87. The van der Waals surface area contributed by atoms with Crippen LogP contribution >= 0.6 is 0 Å². The molecule has 1 atom stereocenters. The molecule has 0 spiro atoms. The lowest BCUT2D eigenvalue weighted by atomic mass is 10.3. The Balaban J connectivity index is 1.79. The number of nitrogens with zero attached hydrogens (tertiary/aromatic N) is 2. The highest BCUT2D eigenvalue weighted by Gasteiger charge is 2.21. The van der Waals surface area contributed by atoms with Crippen molar-refractivity contribution in [3.8, 4) is 0 Å². The Hall–Kier alpha value is -1.99. The molecule has 1 aliphatic heterocycles. The van der Waals surface area contributed by atoms with E-state index in [2.05, 4.69) is 10.3 Å². The fourth-order valence-corrected chi connectivity index (χ4v) is 3.40. The van der Waals surface area contributed by atoms with E-state index in [-0.39, 0.29) is 17.4 Å². The van der Waals surface area contributed by atoms with Gasteiger partial charge in [0.15, 0.2) is 9.84 Å². The van der Waals surface area contributed by atoms with Gasteiger partial charge in [-0.3, -0.25) is 9.20 Å². The molecule has 0 saturated carbocycles. The maximum absolute atomic E-state index is 11.9. The van der Waals surface area contributed by atoms with Crippen LogP contribution in [0.2, 0.25) is 0 Å². The zero-order valence-corrected chi connectivity index (χ0v) is 11.4. The summed E-state index contributed by atoms with van der Waals surface area (Å²) < 4.78 is 24.0. The molecule has 6 nitrogen and oxygen atoms in total. The molecule has 1 aliphatic rings. The van der Waals surface area contributed by atoms with Gasteiger partial charge in [-0.05, 0) is 12.1 Å². The predicted octanol–water partition coefficient (Wildman–Crippen LogP) is 0.0948. The van der Waals surface area contributed by atoms with Crippen LogP contribution in [0.4, 0.5) is 0 Å². The summed E-state index contributed by atoms with van der Waals surface area (Å²) in [6.07, 6.45) is 3.28. The number of fused-ring (bicyclic) bond motifs is 1. The fraction of sp³-hybridized carbons (Fsp3) is 0.231. The SMILES string of the molecule is O=c1cc(CNC2C=CS(=O)(=O)C2)nc2ccccn12. The Bertz CT molecular complexity index is 839. The number of pyridine rings is 1. The van der Waals surface area contributed by atoms with Crippen molar-refractivity contribution in [3.05, 3.63) is 58.0 Å². The summed E-state index contributed by atoms with van der Waals surface area (Å²) in [6.45, 7) is 0.352. The van der Waals surface area contributed by atoms with Crippen molar-refractivity contribution in [2.75, 3.05) is 5.75 Å². The van der Waals surface area contributed by atoms with Crippen molar-refractivity contribution in [2.24, 2.45) is 0 Å². The number of sulfone groups is 1. The van der Waals surface area contributed by atoms with E-state index < -0.39 is 9.84 Å². The van der Waals surface area contributed by atoms with Gasteiger partial charge in [0.25, 0.3) is 5.56 Å². The normalized spacial score (nSPS) is 20.5. The van der Waals surface area contributed by atoms with Crippen LogP contribution in [0.15, 0.2) is 46.7 Å². The van der Waals surface area contributed by atoms with Gasteiger partial charge < -0.3 is 5.32 Å². The smallest absolute Gasteiger partial charge is 0.258 e. The lowest BCUT2D eigenvalue weighted by Gasteiger charge is -2.09. The zero-order valence-electron chi connectivity index (χ0n) is 10.6. The second kappa shape index (κ2) is 4.84. The third-order valence-corrected chi connectivity index (χ3v) is 4.50. The van der Waals surface area contributed by atoms with Crippen molar-refractivity contribution < 1.29 is 8.42 Å². The van der Waals surface area contributed by atoms with Crippen molar-refractivity contribution in [1.82, 2.24) is 14.7 Å². The van der Waals surface area contributed by atoms with Crippen LogP contribution in [-0.2, 0) is 16.4 Å². The van der Waals surface area contributed by atoms with E-state index in [1.165, 1.54) is 15.9 Å². The molecule has 104 valence electrons. The first-order valence-electron chi connectivity index (χ1n) is 6.15. The molecule has 2 aromatic rings. The summed E-state index contributed by atoms with van der Waals surface area (Å²) in [7, 11) is -3.07. The van der Waals surface area contributed by atoms with E-state index in [0.717, 1.165) is 0 Å². The molecule has 1 unspecified atom stereocenters. The fourth-order valence-electron chi connectivity index (χ4n) is 2.13. The molecule has 0 aromatic carbocycles. The van der Waals surface area contributed by atoms with Gasteiger partial charge in [0.05, 0.1) is 11.4 Å². The number of hydrogen-bond acceptors (Lipinski definition) is 5. The molecular weight excluding hydrogens is 278 g/mol. The Kier molecular flexibility index (Phi) is 3.15. The summed E-state index contributed by atoms with van der Waals surface area (Å²) in [6, 6.07) is 6.56. The summed E-state index contributed by atoms with van der Waals surface area (Å²) in [5.74, 6) is 0.0551. The molecule has 0 bridgehead atoms. The largest absolute Gasteiger partial charge is 0.304 e. The lowest BCUT2D eigenvalue weighted by Crippen LogP contribution is -2.30. The molecule has 0 radical (unpaired) electrons. The second-order valence-corrected chi connectivity index (χ2v) is 6.59. The van der Waals surface area contributed by atoms with Gasteiger partial charge in [-0.25, -0.2) is 13.4 Å². The van der Waals surface area contributed by atoms with Gasteiger partial charge >= 0.3 is 0 Å². The Morgan fingerprint density at radius 1 is 1.40 bits per heavy atom. The van der Waals surface area contributed by atoms with Crippen LogP contribution in [-0.4, -0.2) is 29.6 Å². The van der Waals surface area contributed by atoms with Crippen LogP contribution in [0.5, 0.6) is 0 Å². The summed E-state index contributed by atoms with van der Waals surface area (Å²) in [5.41, 5.74) is 1.02. The minimum absolute atomic E-state index is 0.0551. The maximum Gasteiger partial charge on any atom is 0.258 e. The Morgan fingerprint density at radius 3 is 3.00 bits per heavy atom. The highest BCUT2D eigenvalue weighted by molar-refractivity contribution is 7.94. The highest BCUT2D eigenvalue weighted by Crippen LogP contribution is 2.08. The van der Waals surface area contributed by atoms with Crippen molar-refractivity contribution in [3.63, 3.8) is 0 Å². The monoisotopic (exact) mass is 291 g/mol. The van der Waals surface area contributed by atoms with Gasteiger partial charge in [-0.15, -0.1) is 0 Å². The standard InChI is InChI=1S/C13H13N3O3S/c17-13-7-11(15-12-3-1-2-5-16(12)13)8-14-10-4-6-20(18,19)9-10/h1-7,10,14H,8-9H2. The Morgan fingerprint density at radius 2 is 2.25 bits per heavy atom. The molecule has 3 rings (SSSR count). The molecule has 20 heavy (non-hydrogen) atoms. The first kappa shape index (κ1) is 13.0. The van der Waals surface area contributed by atoms with Crippen LogP contribution in [0.1, 0.15) is 5.69 Å². The molecule has 2 aromatic heterocycles.